The van der Waals surface area contributed by atoms with E-state index in [1.54, 1.807) is 6.92 Å². The molecule has 7 nitrogen and oxygen atoms in total. The maximum Gasteiger partial charge on any atom is 0.391 e. The Morgan fingerprint density at radius 2 is 2.47 bits per heavy atom. The lowest BCUT2D eigenvalue weighted by Gasteiger charge is -1.99. The van der Waals surface area contributed by atoms with Crippen molar-refractivity contribution in [2.24, 2.45) is 0 Å². The standard InChI is InChI=1S/C7H8IN3O4/c1-2-15-7(12)4-10-5(8)3-6(9-10)11(13)14/h3H,2,4H2,1H3. The highest BCUT2D eigenvalue weighted by Crippen LogP contribution is 2.13. The van der Waals surface area contributed by atoms with Crippen LogP contribution in [-0.2, 0) is 16.1 Å². The van der Waals surface area contributed by atoms with Crippen LogP contribution in [-0.4, -0.2) is 27.3 Å². The van der Waals surface area contributed by atoms with Crippen LogP contribution in [0.1, 0.15) is 6.92 Å². The third-order valence-electron chi connectivity index (χ3n) is 1.49. The van der Waals surface area contributed by atoms with Crippen LogP contribution in [0.3, 0.4) is 0 Å². The van der Waals surface area contributed by atoms with Crippen LogP contribution < -0.4 is 0 Å². The largest absolute Gasteiger partial charge is 0.465 e. The van der Waals surface area contributed by atoms with Crippen molar-refractivity contribution in [1.29, 1.82) is 0 Å². The molecule has 0 radical (unpaired) electrons. The summed E-state index contributed by atoms with van der Waals surface area (Å²) in [6.45, 7) is 1.85. The number of ether oxygens (including phenoxy) is 1. The molecule has 1 rings (SSSR count). The van der Waals surface area contributed by atoms with E-state index in [0.29, 0.717) is 3.70 Å². The third kappa shape index (κ3) is 3.15. The molecule has 0 atom stereocenters. The van der Waals surface area contributed by atoms with Crippen LogP contribution >= 0.6 is 22.6 Å². The highest BCUT2D eigenvalue weighted by molar-refractivity contribution is 14.1. The van der Waals surface area contributed by atoms with E-state index in [9.17, 15) is 14.9 Å². The Hall–Kier alpha value is -1.19. The Kier molecular flexibility index (Phi) is 4.00. The van der Waals surface area contributed by atoms with Gasteiger partial charge in [0.1, 0.15) is 3.70 Å². The van der Waals surface area contributed by atoms with Crippen molar-refractivity contribution in [2.45, 2.75) is 13.5 Å². The Labute approximate surface area is 98.7 Å². The van der Waals surface area contributed by atoms with E-state index < -0.39 is 10.9 Å². The topological polar surface area (TPSA) is 87.3 Å². The van der Waals surface area contributed by atoms with Crippen molar-refractivity contribution >= 4 is 34.4 Å². The molecule has 0 saturated heterocycles. The highest BCUT2D eigenvalue weighted by atomic mass is 127. The second-order valence-electron chi connectivity index (χ2n) is 2.55. The zero-order valence-corrected chi connectivity index (χ0v) is 10.0. The van der Waals surface area contributed by atoms with Crippen LogP contribution in [0.2, 0.25) is 0 Å². The van der Waals surface area contributed by atoms with Crippen LogP contribution in [0, 0.1) is 13.8 Å². The van der Waals surface area contributed by atoms with E-state index in [1.165, 1.54) is 10.7 Å². The molecule has 0 aliphatic heterocycles. The van der Waals surface area contributed by atoms with Gasteiger partial charge in [-0.05, 0) is 34.4 Å². The van der Waals surface area contributed by atoms with E-state index in [4.69, 9.17) is 4.74 Å². The van der Waals surface area contributed by atoms with Gasteiger partial charge in [0.25, 0.3) is 0 Å². The molecule has 15 heavy (non-hydrogen) atoms. The van der Waals surface area contributed by atoms with Gasteiger partial charge in [0.2, 0.25) is 0 Å². The average molecular weight is 325 g/mol. The first-order valence-electron chi connectivity index (χ1n) is 4.08. The summed E-state index contributed by atoms with van der Waals surface area (Å²) in [4.78, 5) is 20.9. The lowest BCUT2D eigenvalue weighted by atomic mass is 10.6. The van der Waals surface area contributed by atoms with Crippen molar-refractivity contribution in [2.75, 3.05) is 6.61 Å². The fourth-order valence-electron chi connectivity index (χ4n) is 0.910. The van der Waals surface area contributed by atoms with Crippen LogP contribution in [0.4, 0.5) is 5.82 Å². The quantitative estimate of drug-likeness (QED) is 0.356. The van der Waals surface area contributed by atoms with Gasteiger partial charge in [-0.1, -0.05) is 0 Å². The smallest absolute Gasteiger partial charge is 0.391 e. The van der Waals surface area contributed by atoms with E-state index in [0.717, 1.165) is 0 Å². The number of rotatable bonds is 4. The van der Waals surface area contributed by atoms with Crippen molar-refractivity contribution < 1.29 is 14.5 Å². The second-order valence-corrected chi connectivity index (χ2v) is 3.65. The third-order valence-corrected chi connectivity index (χ3v) is 2.36. The molecular weight excluding hydrogens is 317 g/mol. The molecule has 0 amide bonds. The van der Waals surface area contributed by atoms with Gasteiger partial charge < -0.3 is 14.9 Å². The Bertz CT molecular complexity index is 390. The lowest BCUT2D eigenvalue weighted by molar-refractivity contribution is -0.389. The monoisotopic (exact) mass is 325 g/mol. The molecule has 1 heterocycles. The predicted molar refractivity (Wildman–Crippen MR) is 58.2 cm³/mol. The first kappa shape index (κ1) is 11.9. The first-order valence-corrected chi connectivity index (χ1v) is 5.15. The molecule has 0 saturated carbocycles. The van der Waals surface area contributed by atoms with Gasteiger partial charge in [-0.25, -0.2) is 4.79 Å². The van der Waals surface area contributed by atoms with Crippen molar-refractivity contribution in [3.8, 4) is 0 Å². The SMILES string of the molecule is CCOC(=O)Cn1nc([N+](=O)[O-])cc1I. The predicted octanol–water partition coefficient (Wildman–Crippen LogP) is 0.959. The minimum atomic E-state index is -0.607. The van der Waals surface area contributed by atoms with Gasteiger partial charge in [0, 0.05) is 0 Å². The van der Waals surface area contributed by atoms with E-state index >= 15 is 0 Å². The molecule has 0 N–H and O–H groups in total. The first-order chi connectivity index (χ1) is 7.04. The van der Waals surface area contributed by atoms with Gasteiger partial charge in [-0.15, -0.1) is 0 Å². The average Bonchev–Trinajstić information content (AvgIpc) is 2.48. The Balaban J connectivity index is 2.77. The van der Waals surface area contributed by atoms with Crippen LogP contribution in [0.25, 0.3) is 0 Å². The molecule has 8 heteroatoms. The second kappa shape index (κ2) is 5.05. The molecule has 0 spiro atoms. The Morgan fingerprint density at radius 3 is 2.93 bits per heavy atom. The van der Waals surface area contributed by atoms with Crippen molar-refractivity contribution in [3.63, 3.8) is 0 Å². The lowest BCUT2D eigenvalue weighted by Crippen LogP contribution is -2.15. The summed E-state index contributed by atoms with van der Waals surface area (Å²) in [5.74, 6) is -0.739. The summed E-state index contributed by atoms with van der Waals surface area (Å²) in [6, 6.07) is 1.29. The molecular formula is C7H8IN3O4. The number of nitro groups is 1. The van der Waals surface area contributed by atoms with Gasteiger partial charge >= 0.3 is 11.8 Å². The molecule has 1 aromatic rings. The Morgan fingerprint density at radius 1 is 1.80 bits per heavy atom. The van der Waals surface area contributed by atoms with E-state index in [2.05, 4.69) is 5.10 Å². The van der Waals surface area contributed by atoms with Crippen molar-refractivity contribution in [1.82, 2.24) is 9.78 Å². The van der Waals surface area contributed by atoms with Gasteiger partial charge in [0.05, 0.1) is 17.8 Å². The fourth-order valence-corrected chi connectivity index (χ4v) is 1.47. The molecule has 0 aliphatic rings. The number of carbonyl (C=O) groups is 1. The number of aromatic nitrogens is 2. The zero-order chi connectivity index (χ0) is 11.4. The molecule has 0 unspecified atom stereocenters. The molecule has 82 valence electrons. The van der Waals surface area contributed by atoms with E-state index in [-0.39, 0.29) is 19.0 Å². The summed E-state index contributed by atoms with van der Waals surface area (Å²) in [7, 11) is 0. The number of halogens is 1. The normalized spacial score (nSPS) is 10.0. The molecule has 0 bridgehead atoms. The number of hydrogen-bond acceptors (Lipinski definition) is 5. The van der Waals surface area contributed by atoms with Crippen LogP contribution in [0.5, 0.6) is 0 Å². The summed E-state index contributed by atoms with van der Waals surface area (Å²) in [5, 5.41) is 14.0. The minimum Gasteiger partial charge on any atom is -0.465 e. The van der Waals surface area contributed by atoms with Crippen molar-refractivity contribution in [3.05, 3.63) is 19.9 Å². The van der Waals surface area contributed by atoms with E-state index in [1.807, 2.05) is 22.6 Å². The minimum absolute atomic E-state index is 0.111. The maximum atomic E-state index is 11.1. The summed E-state index contributed by atoms with van der Waals surface area (Å²) in [6.07, 6.45) is 0. The van der Waals surface area contributed by atoms with Gasteiger partial charge in [0.15, 0.2) is 6.54 Å². The number of nitrogens with zero attached hydrogens (tertiary/aromatic N) is 3. The molecule has 0 aromatic carbocycles. The molecule has 0 fully saturated rings. The number of carbonyl (C=O) groups excluding carboxylic acids is 1. The van der Waals surface area contributed by atoms with Gasteiger partial charge in [-0.3, -0.25) is 0 Å². The summed E-state index contributed by atoms with van der Waals surface area (Å²) in [5.41, 5.74) is 0. The molecule has 1 aromatic heterocycles. The zero-order valence-electron chi connectivity index (χ0n) is 7.84. The molecule has 0 aliphatic carbocycles. The number of hydrogen-bond donors (Lipinski definition) is 0. The van der Waals surface area contributed by atoms with Gasteiger partial charge in [-0.2, -0.15) is 4.68 Å². The van der Waals surface area contributed by atoms with Crippen LogP contribution in [0.15, 0.2) is 6.07 Å². The highest BCUT2D eigenvalue weighted by Gasteiger charge is 2.18. The summed E-state index contributed by atoms with van der Waals surface area (Å²) < 4.78 is 6.45. The maximum absolute atomic E-state index is 11.1. The summed E-state index contributed by atoms with van der Waals surface area (Å²) >= 11 is 1.86. The number of esters is 1. The fraction of sp³-hybridized carbons (Fsp3) is 0.429.